The molecule has 1 atom stereocenters. The second-order valence-electron chi connectivity index (χ2n) is 17.1. The summed E-state index contributed by atoms with van der Waals surface area (Å²) in [6, 6.07) is 0. The molecule has 6 nitrogen and oxygen atoms in total. The number of esters is 3. The van der Waals surface area contributed by atoms with Gasteiger partial charge in [-0.3, -0.25) is 14.4 Å². The van der Waals surface area contributed by atoms with Crippen molar-refractivity contribution >= 4 is 17.9 Å². The molecule has 0 aromatic heterocycles. The van der Waals surface area contributed by atoms with Gasteiger partial charge in [0.2, 0.25) is 0 Å². The minimum Gasteiger partial charge on any atom is -0.462 e. The lowest BCUT2D eigenvalue weighted by atomic mass is 10.1. The van der Waals surface area contributed by atoms with Gasteiger partial charge < -0.3 is 14.2 Å². The summed E-state index contributed by atoms with van der Waals surface area (Å²) in [5, 5.41) is 0. The Kier molecular flexibility index (Phi) is 47.4. The Balaban J connectivity index is 4.45. The van der Waals surface area contributed by atoms with E-state index in [2.05, 4.69) is 81.5 Å². The molecule has 0 unspecified atom stereocenters. The third-order valence-electron chi connectivity index (χ3n) is 11.0. The molecule has 0 heterocycles. The van der Waals surface area contributed by atoms with Crippen molar-refractivity contribution in [3.63, 3.8) is 0 Å². The smallest absolute Gasteiger partial charge is 0.306 e. The zero-order valence-electron chi connectivity index (χ0n) is 40.2. The van der Waals surface area contributed by atoms with Crippen LogP contribution in [0.5, 0.6) is 0 Å². The molecule has 0 aliphatic rings. The van der Waals surface area contributed by atoms with Crippen LogP contribution in [0.1, 0.15) is 252 Å². The standard InChI is InChI=1S/C55H96O6/c1-4-7-10-13-16-19-22-25-27-29-30-33-36-39-42-45-48-54(57)60-51-52(50-59-53(56)47-44-41-38-35-32-24-21-18-15-12-9-6-3)61-55(58)49-46-43-40-37-34-31-28-26-23-20-17-14-11-8-5-2/h17-18,20-21,26-29,34,37,52H,4-16,19,22-25,30-33,35-36,38-51H2,1-3H3/b20-17-,21-18-,28-26-,29-27-,37-34-/t52-/m1/s1. The molecule has 61 heavy (non-hydrogen) atoms. The lowest BCUT2D eigenvalue weighted by Gasteiger charge is -2.18. The highest BCUT2D eigenvalue weighted by molar-refractivity contribution is 5.71. The summed E-state index contributed by atoms with van der Waals surface area (Å²) in [6.45, 7) is 6.54. The fraction of sp³-hybridized carbons (Fsp3) is 0.764. The van der Waals surface area contributed by atoms with Crippen LogP contribution < -0.4 is 0 Å². The van der Waals surface area contributed by atoms with Gasteiger partial charge in [-0.2, -0.15) is 0 Å². The van der Waals surface area contributed by atoms with Crippen LogP contribution in [0, 0.1) is 0 Å². The first-order valence-corrected chi connectivity index (χ1v) is 25.8. The van der Waals surface area contributed by atoms with E-state index >= 15 is 0 Å². The Morgan fingerprint density at radius 2 is 0.590 bits per heavy atom. The van der Waals surface area contributed by atoms with Gasteiger partial charge in [-0.25, -0.2) is 0 Å². The van der Waals surface area contributed by atoms with Gasteiger partial charge in [-0.05, 0) is 109 Å². The molecular weight excluding hydrogens is 757 g/mol. The van der Waals surface area contributed by atoms with Gasteiger partial charge in [-0.1, -0.05) is 184 Å². The molecule has 0 fully saturated rings. The molecule has 352 valence electrons. The Bertz CT molecular complexity index is 1120. The van der Waals surface area contributed by atoms with Crippen molar-refractivity contribution in [3.8, 4) is 0 Å². The maximum Gasteiger partial charge on any atom is 0.306 e. The zero-order chi connectivity index (χ0) is 44.4. The largest absolute Gasteiger partial charge is 0.462 e. The van der Waals surface area contributed by atoms with Crippen LogP contribution >= 0.6 is 0 Å². The molecule has 6 heteroatoms. The van der Waals surface area contributed by atoms with Crippen molar-refractivity contribution in [2.75, 3.05) is 13.2 Å². The topological polar surface area (TPSA) is 78.9 Å². The van der Waals surface area contributed by atoms with Crippen LogP contribution in [0.2, 0.25) is 0 Å². The van der Waals surface area contributed by atoms with Crippen molar-refractivity contribution in [1.82, 2.24) is 0 Å². The first kappa shape index (κ1) is 58.1. The van der Waals surface area contributed by atoms with Crippen molar-refractivity contribution in [2.45, 2.75) is 258 Å². The molecule has 0 N–H and O–H groups in total. The number of hydrogen-bond donors (Lipinski definition) is 0. The summed E-state index contributed by atoms with van der Waals surface area (Å²) in [5.74, 6) is -0.949. The summed E-state index contributed by atoms with van der Waals surface area (Å²) in [6.07, 6.45) is 60.6. The van der Waals surface area contributed by atoms with E-state index in [1.54, 1.807) is 0 Å². The molecular formula is C55H96O6. The second-order valence-corrected chi connectivity index (χ2v) is 17.1. The minimum absolute atomic E-state index is 0.0962. The highest BCUT2D eigenvalue weighted by atomic mass is 16.6. The first-order chi connectivity index (χ1) is 30.0. The van der Waals surface area contributed by atoms with E-state index in [1.807, 2.05) is 0 Å². The van der Waals surface area contributed by atoms with Crippen LogP contribution in [0.15, 0.2) is 60.8 Å². The highest BCUT2D eigenvalue weighted by Gasteiger charge is 2.19. The predicted molar refractivity (Wildman–Crippen MR) is 261 cm³/mol. The lowest BCUT2D eigenvalue weighted by molar-refractivity contribution is -0.167. The number of hydrogen-bond acceptors (Lipinski definition) is 6. The van der Waals surface area contributed by atoms with Gasteiger partial charge in [0.05, 0.1) is 0 Å². The average Bonchev–Trinajstić information content (AvgIpc) is 3.26. The number of carbonyl (C=O) groups is 3. The quantitative estimate of drug-likeness (QED) is 0.0263. The molecule has 0 aliphatic carbocycles. The van der Waals surface area contributed by atoms with Crippen molar-refractivity contribution in [3.05, 3.63) is 60.8 Å². The van der Waals surface area contributed by atoms with Crippen molar-refractivity contribution < 1.29 is 28.6 Å². The Labute approximate surface area is 377 Å². The van der Waals surface area contributed by atoms with Crippen molar-refractivity contribution in [2.24, 2.45) is 0 Å². The van der Waals surface area contributed by atoms with Crippen LogP contribution in [0.25, 0.3) is 0 Å². The normalized spacial score (nSPS) is 12.5. The van der Waals surface area contributed by atoms with E-state index in [-0.39, 0.29) is 37.5 Å². The van der Waals surface area contributed by atoms with Gasteiger partial charge in [0.1, 0.15) is 13.2 Å². The average molecular weight is 853 g/mol. The number of ether oxygens (including phenoxy) is 3. The molecule has 0 bridgehead atoms. The molecule has 0 amide bonds. The van der Waals surface area contributed by atoms with Gasteiger partial charge in [0, 0.05) is 19.3 Å². The Hall–Kier alpha value is -2.89. The van der Waals surface area contributed by atoms with Crippen LogP contribution in [0.4, 0.5) is 0 Å². The van der Waals surface area contributed by atoms with Crippen LogP contribution in [0.3, 0.4) is 0 Å². The molecule has 0 saturated carbocycles. The molecule has 0 radical (unpaired) electrons. The maximum absolute atomic E-state index is 12.8. The molecule has 0 aliphatic heterocycles. The monoisotopic (exact) mass is 853 g/mol. The third kappa shape index (κ3) is 48.0. The summed E-state index contributed by atoms with van der Waals surface area (Å²) < 4.78 is 16.7. The van der Waals surface area contributed by atoms with Gasteiger partial charge in [0.15, 0.2) is 6.10 Å². The second kappa shape index (κ2) is 49.8. The molecule has 0 rings (SSSR count). The van der Waals surface area contributed by atoms with E-state index in [9.17, 15) is 14.4 Å². The van der Waals surface area contributed by atoms with Gasteiger partial charge in [-0.15, -0.1) is 0 Å². The van der Waals surface area contributed by atoms with Gasteiger partial charge in [0.25, 0.3) is 0 Å². The van der Waals surface area contributed by atoms with Crippen LogP contribution in [-0.2, 0) is 28.6 Å². The number of unbranched alkanes of at least 4 members (excludes halogenated alkanes) is 25. The number of rotatable bonds is 46. The van der Waals surface area contributed by atoms with E-state index in [0.717, 1.165) is 77.0 Å². The number of carbonyl (C=O) groups excluding carboxylic acids is 3. The summed E-state index contributed by atoms with van der Waals surface area (Å²) >= 11 is 0. The fourth-order valence-electron chi connectivity index (χ4n) is 7.03. The van der Waals surface area contributed by atoms with E-state index in [4.69, 9.17) is 14.2 Å². The predicted octanol–water partition coefficient (Wildman–Crippen LogP) is 16.9. The summed E-state index contributed by atoms with van der Waals surface area (Å²) in [4.78, 5) is 37.9. The Morgan fingerprint density at radius 1 is 0.328 bits per heavy atom. The molecule has 0 aromatic carbocycles. The fourth-order valence-corrected chi connectivity index (χ4v) is 7.03. The first-order valence-electron chi connectivity index (χ1n) is 25.8. The zero-order valence-corrected chi connectivity index (χ0v) is 40.2. The van der Waals surface area contributed by atoms with E-state index in [1.165, 1.54) is 128 Å². The molecule has 0 aromatic rings. The molecule has 0 spiro atoms. The SMILES string of the molecule is CCCCC/C=C\C/C=C\C/C=C\CCCCC(=O)O[C@H](COC(=O)CCCCCCC/C=C\CCCCC)COC(=O)CCCCCCC/C=C\CCCCCCCCC. The van der Waals surface area contributed by atoms with Crippen LogP contribution in [-0.4, -0.2) is 37.2 Å². The van der Waals surface area contributed by atoms with Crippen molar-refractivity contribution in [1.29, 1.82) is 0 Å². The summed E-state index contributed by atoms with van der Waals surface area (Å²) in [5.41, 5.74) is 0. The van der Waals surface area contributed by atoms with Gasteiger partial charge >= 0.3 is 17.9 Å². The maximum atomic E-state index is 12.8. The lowest BCUT2D eigenvalue weighted by Crippen LogP contribution is -2.30. The minimum atomic E-state index is -0.799. The third-order valence-corrected chi connectivity index (χ3v) is 11.0. The Morgan fingerprint density at radius 3 is 1.00 bits per heavy atom. The van der Waals surface area contributed by atoms with E-state index in [0.29, 0.717) is 19.3 Å². The summed E-state index contributed by atoms with van der Waals surface area (Å²) in [7, 11) is 0. The number of allylic oxidation sites excluding steroid dienone is 10. The highest BCUT2D eigenvalue weighted by Crippen LogP contribution is 2.13. The molecule has 0 saturated heterocycles. The van der Waals surface area contributed by atoms with E-state index < -0.39 is 6.10 Å².